The van der Waals surface area contributed by atoms with Gasteiger partial charge in [-0.15, -0.1) is 0 Å². The van der Waals surface area contributed by atoms with Crippen LogP contribution in [0.15, 0.2) is 35.4 Å². The summed E-state index contributed by atoms with van der Waals surface area (Å²) in [7, 11) is 0. The third kappa shape index (κ3) is 5.88. The number of nitrogens with one attached hydrogen (secondary N) is 1. The van der Waals surface area contributed by atoms with Crippen molar-refractivity contribution in [1.29, 1.82) is 0 Å². The van der Waals surface area contributed by atoms with Gasteiger partial charge in [0.15, 0.2) is 0 Å². The van der Waals surface area contributed by atoms with Crippen molar-refractivity contribution in [3.05, 3.63) is 51.8 Å². The number of anilines is 1. The molecule has 0 radical (unpaired) electrons. The highest BCUT2D eigenvalue weighted by atomic mass is 35.5. The Balaban J connectivity index is 2.08. The van der Waals surface area contributed by atoms with Crippen LogP contribution in [-0.4, -0.2) is 57.9 Å². The number of amides is 1. The van der Waals surface area contributed by atoms with Gasteiger partial charge in [-0.1, -0.05) is 17.7 Å². The van der Waals surface area contributed by atoms with Gasteiger partial charge in [-0.3, -0.25) is 24.0 Å². The van der Waals surface area contributed by atoms with E-state index < -0.39 is 35.8 Å². The Morgan fingerprint density at radius 2 is 2.03 bits per heavy atom. The third-order valence-corrected chi connectivity index (χ3v) is 5.28. The average molecular weight is 478 g/mol. The maximum absolute atomic E-state index is 13.4. The molecule has 1 aliphatic rings. The van der Waals surface area contributed by atoms with Crippen molar-refractivity contribution in [2.24, 2.45) is 0 Å². The highest BCUT2D eigenvalue weighted by Crippen LogP contribution is 2.29. The molecule has 1 fully saturated rings. The zero-order valence-corrected chi connectivity index (χ0v) is 19.8. The van der Waals surface area contributed by atoms with Crippen LogP contribution in [0.1, 0.15) is 39.3 Å². The van der Waals surface area contributed by atoms with Gasteiger partial charge >= 0.3 is 12.1 Å². The first kappa shape index (κ1) is 24.7. The molecule has 11 heteroatoms. The second-order valence-electron chi connectivity index (χ2n) is 8.54. The van der Waals surface area contributed by atoms with Crippen LogP contribution >= 0.6 is 11.6 Å². The molecule has 3 heterocycles. The van der Waals surface area contributed by atoms with Crippen molar-refractivity contribution < 1.29 is 19.1 Å². The molecule has 178 valence electrons. The first-order chi connectivity index (χ1) is 15.6. The summed E-state index contributed by atoms with van der Waals surface area (Å²) in [5.74, 6) is -1.03. The highest BCUT2D eigenvalue weighted by molar-refractivity contribution is 6.29. The number of aromatic nitrogens is 3. The predicted molar refractivity (Wildman–Crippen MR) is 122 cm³/mol. The number of rotatable bonds is 6. The minimum Gasteiger partial charge on any atom is -0.465 e. The Hall–Kier alpha value is -2.98. The first-order valence-electron chi connectivity index (χ1n) is 10.7. The van der Waals surface area contributed by atoms with Gasteiger partial charge in [0.1, 0.15) is 17.3 Å². The molecule has 1 aliphatic heterocycles. The number of ether oxygens (including phenoxy) is 2. The van der Waals surface area contributed by atoms with Gasteiger partial charge in [-0.05, 0) is 39.8 Å². The molecule has 10 nitrogen and oxygen atoms in total. The maximum atomic E-state index is 13.4. The number of pyridine rings is 1. The second-order valence-corrected chi connectivity index (χ2v) is 8.93. The number of hydrogen-bond donors (Lipinski definition) is 1. The van der Waals surface area contributed by atoms with E-state index in [0.717, 1.165) is 10.3 Å². The zero-order valence-electron chi connectivity index (χ0n) is 19.1. The van der Waals surface area contributed by atoms with E-state index in [1.54, 1.807) is 40.0 Å². The van der Waals surface area contributed by atoms with Crippen molar-refractivity contribution in [2.45, 2.75) is 51.8 Å². The fourth-order valence-electron chi connectivity index (χ4n) is 3.63. The van der Waals surface area contributed by atoms with Crippen LogP contribution in [0.25, 0.3) is 0 Å². The summed E-state index contributed by atoms with van der Waals surface area (Å²) in [6.07, 6.45) is 2.18. The van der Waals surface area contributed by atoms with E-state index in [1.165, 1.54) is 11.1 Å². The van der Waals surface area contributed by atoms with Gasteiger partial charge in [-0.25, -0.2) is 9.78 Å². The SMILES string of the molecule is CCOC(=O)Cn1c(Cl)cnc(N(C(=O)OC(C)(C)C)[C@H]2CNC[C@@H]2c2ccccn2)c1=O. The summed E-state index contributed by atoms with van der Waals surface area (Å²) < 4.78 is 11.6. The minimum atomic E-state index is -0.807. The lowest BCUT2D eigenvalue weighted by Crippen LogP contribution is -2.50. The van der Waals surface area contributed by atoms with Crippen molar-refractivity contribution in [1.82, 2.24) is 19.9 Å². The van der Waals surface area contributed by atoms with E-state index in [-0.39, 0.29) is 23.5 Å². The average Bonchev–Trinajstić information content (AvgIpc) is 3.22. The molecule has 0 saturated carbocycles. The van der Waals surface area contributed by atoms with E-state index >= 15 is 0 Å². The molecule has 0 bridgehead atoms. The van der Waals surface area contributed by atoms with Gasteiger partial charge in [0.2, 0.25) is 5.82 Å². The molecule has 2 aromatic rings. The molecule has 3 rings (SSSR count). The van der Waals surface area contributed by atoms with E-state index in [4.69, 9.17) is 21.1 Å². The summed E-state index contributed by atoms with van der Waals surface area (Å²) in [5, 5.41) is 3.21. The number of halogens is 1. The molecule has 1 saturated heterocycles. The van der Waals surface area contributed by atoms with E-state index in [9.17, 15) is 14.4 Å². The number of carbonyl (C=O) groups excluding carboxylic acids is 2. The molecular formula is C22H28ClN5O5. The summed E-state index contributed by atoms with van der Waals surface area (Å²) in [6.45, 7) is 7.56. The largest absolute Gasteiger partial charge is 0.465 e. The Morgan fingerprint density at radius 3 is 2.67 bits per heavy atom. The molecule has 0 spiro atoms. The van der Waals surface area contributed by atoms with Gasteiger partial charge in [0.25, 0.3) is 5.56 Å². The first-order valence-corrected chi connectivity index (χ1v) is 11.0. The lowest BCUT2D eigenvalue weighted by molar-refractivity contribution is -0.143. The van der Waals surface area contributed by atoms with Gasteiger partial charge in [-0.2, -0.15) is 0 Å². The lowest BCUT2D eigenvalue weighted by atomic mass is 9.97. The van der Waals surface area contributed by atoms with Gasteiger partial charge in [0.05, 0.1) is 18.8 Å². The normalized spacial score (nSPS) is 18.1. The standard InChI is InChI=1S/C22H28ClN5O5/c1-5-32-18(29)13-27-17(23)12-26-19(20(27)30)28(21(31)33-22(2,3)4)16-11-24-10-14(16)15-8-6-7-9-25-15/h6-9,12,14,16,24H,5,10-11,13H2,1-4H3/t14-,16+/m1/s1. The Morgan fingerprint density at radius 1 is 1.27 bits per heavy atom. The molecule has 33 heavy (non-hydrogen) atoms. The smallest absolute Gasteiger partial charge is 0.416 e. The molecule has 1 amide bonds. The highest BCUT2D eigenvalue weighted by Gasteiger charge is 2.41. The maximum Gasteiger partial charge on any atom is 0.416 e. The van der Waals surface area contributed by atoms with E-state index in [1.807, 2.05) is 12.1 Å². The van der Waals surface area contributed by atoms with Crippen LogP contribution in [0, 0.1) is 0 Å². The predicted octanol–water partition coefficient (Wildman–Crippen LogP) is 2.35. The Bertz CT molecular complexity index is 1050. The fourth-order valence-corrected chi connectivity index (χ4v) is 3.81. The molecule has 1 N–H and O–H groups in total. The van der Waals surface area contributed by atoms with Crippen LogP contribution in [0.5, 0.6) is 0 Å². The van der Waals surface area contributed by atoms with Crippen LogP contribution < -0.4 is 15.8 Å². The van der Waals surface area contributed by atoms with Crippen molar-refractivity contribution in [3.63, 3.8) is 0 Å². The van der Waals surface area contributed by atoms with Gasteiger partial charge in [0, 0.05) is 30.9 Å². The van der Waals surface area contributed by atoms with Crippen molar-refractivity contribution in [3.8, 4) is 0 Å². The Labute approximate surface area is 196 Å². The number of esters is 1. The van der Waals surface area contributed by atoms with Crippen LogP contribution in [0.2, 0.25) is 5.15 Å². The number of carbonyl (C=O) groups is 2. The summed E-state index contributed by atoms with van der Waals surface area (Å²) in [6, 6.07) is 5.03. The van der Waals surface area contributed by atoms with Crippen molar-refractivity contribution in [2.75, 3.05) is 24.6 Å². The van der Waals surface area contributed by atoms with Gasteiger partial charge < -0.3 is 14.8 Å². The lowest BCUT2D eigenvalue weighted by Gasteiger charge is -2.33. The fraction of sp³-hybridized carbons (Fsp3) is 0.500. The van der Waals surface area contributed by atoms with Crippen LogP contribution in [0.3, 0.4) is 0 Å². The molecular weight excluding hydrogens is 450 g/mol. The van der Waals surface area contributed by atoms with Crippen LogP contribution in [-0.2, 0) is 20.8 Å². The van der Waals surface area contributed by atoms with Crippen LogP contribution in [0.4, 0.5) is 10.6 Å². The number of nitrogens with zero attached hydrogens (tertiary/aromatic N) is 4. The summed E-state index contributed by atoms with van der Waals surface area (Å²) in [4.78, 5) is 48.6. The third-order valence-electron chi connectivity index (χ3n) is 4.98. The monoisotopic (exact) mass is 477 g/mol. The molecule has 2 aromatic heterocycles. The quantitative estimate of drug-likeness (QED) is 0.630. The second kappa shape index (κ2) is 10.3. The minimum absolute atomic E-state index is 0.0493. The topological polar surface area (TPSA) is 116 Å². The molecule has 2 atom stereocenters. The summed E-state index contributed by atoms with van der Waals surface area (Å²) in [5.41, 5.74) is -0.743. The number of hydrogen-bond acceptors (Lipinski definition) is 8. The molecule has 0 aliphatic carbocycles. The van der Waals surface area contributed by atoms with Crippen molar-refractivity contribution >= 4 is 29.5 Å². The van der Waals surface area contributed by atoms with E-state index in [0.29, 0.717) is 13.1 Å². The zero-order chi connectivity index (χ0) is 24.2. The Kier molecular flexibility index (Phi) is 7.70. The molecule has 0 unspecified atom stereocenters. The summed E-state index contributed by atoms with van der Waals surface area (Å²) >= 11 is 6.16. The van der Waals surface area contributed by atoms with E-state index in [2.05, 4.69) is 15.3 Å². The molecule has 0 aromatic carbocycles.